The fraction of sp³-hybridized carbons (Fsp3) is 0.650. The molecule has 0 spiro atoms. The van der Waals surface area contributed by atoms with Gasteiger partial charge >= 0.3 is 0 Å². The number of aliphatic imine (C=N–C) groups is 1. The van der Waals surface area contributed by atoms with Crippen LogP contribution in [0.1, 0.15) is 19.4 Å². The highest BCUT2D eigenvalue weighted by Crippen LogP contribution is 2.18. The van der Waals surface area contributed by atoms with Crippen molar-refractivity contribution in [3.8, 4) is 5.75 Å². The lowest BCUT2D eigenvalue weighted by Crippen LogP contribution is -2.50. The molecule has 1 N–H and O–H groups in total. The number of morpholine rings is 1. The van der Waals surface area contributed by atoms with Gasteiger partial charge in [0.2, 0.25) is 0 Å². The molecule has 1 aromatic rings. The van der Waals surface area contributed by atoms with Crippen LogP contribution < -0.4 is 10.1 Å². The average molecular weight is 490 g/mol. The van der Waals surface area contributed by atoms with Crippen molar-refractivity contribution in [1.82, 2.24) is 15.1 Å². The van der Waals surface area contributed by atoms with Crippen LogP contribution in [0.5, 0.6) is 5.75 Å². The maximum absolute atomic E-state index is 5.92. The number of benzene rings is 1. The Morgan fingerprint density at radius 1 is 1.41 bits per heavy atom. The van der Waals surface area contributed by atoms with Gasteiger partial charge in [-0.3, -0.25) is 9.89 Å². The van der Waals surface area contributed by atoms with Crippen molar-refractivity contribution < 1.29 is 9.47 Å². The van der Waals surface area contributed by atoms with Gasteiger partial charge < -0.3 is 19.7 Å². The first-order chi connectivity index (χ1) is 12.5. The fourth-order valence-electron chi connectivity index (χ4n) is 3.34. The lowest BCUT2D eigenvalue weighted by Gasteiger charge is -2.34. The molecule has 1 unspecified atom stereocenters. The number of nitrogens with zero attached hydrogens (tertiary/aromatic N) is 3. The molecule has 1 aliphatic heterocycles. The molecule has 0 radical (unpaired) electrons. The second-order valence-corrected chi connectivity index (χ2v) is 7.24. The minimum absolute atomic E-state index is 0. The SMILES string of the molecule is CN=C(NCC1CN(CC(C)C)CCO1)N(C)Cc1ccccc1OC.I. The van der Waals surface area contributed by atoms with Crippen molar-refractivity contribution in [2.75, 3.05) is 54.0 Å². The Kier molecular flexibility index (Phi) is 11.0. The highest BCUT2D eigenvalue weighted by atomic mass is 127. The Labute approximate surface area is 181 Å². The van der Waals surface area contributed by atoms with Gasteiger partial charge in [0.05, 0.1) is 19.8 Å². The first-order valence-electron chi connectivity index (χ1n) is 9.41. The number of methoxy groups -OCH3 is 1. The average Bonchev–Trinajstić information content (AvgIpc) is 2.62. The van der Waals surface area contributed by atoms with Gasteiger partial charge in [-0.25, -0.2) is 0 Å². The Balaban J connectivity index is 0.00000364. The van der Waals surface area contributed by atoms with E-state index in [2.05, 4.69) is 40.0 Å². The van der Waals surface area contributed by atoms with Gasteiger partial charge in [-0.1, -0.05) is 32.0 Å². The van der Waals surface area contributed by atoms with Gasteiger partial charge in [0.15, 0.2) is 5.96 Å². The van der Waals surface area contributed by atoms with Crippen LogP contribution in [0.3, 0.4) is 0 Å². The summed E-state index contributed by atoms with van der Waals surface area (Å²) in [6.07, 6.45) is 0.193. The maximum atomic E-state index is 5.92. The summed E-state index contributed by atoms with van der Waals surface area (Å²) in [5.74, 6) is 2.44. The third-order valence-electron chi connectivity index (χ3n) is 4.51. The molecule has 0 saturated carbocycles. The van der Waals surface area contributed by atoms with E-state index >= 15 is 0 Å². The van der Waals surface area contributed by atoms with Gasteiger partial charge in [0.1, 0.15) is 5.75 Å². The molecular formula is C20H35IN4O2. The zero-order chi connectivity index (χ0) is 18.9. The van der Waals surface area contributed by atoms with Crippen molar-refractivity contribution in [1.29, 1.82) is 0 Å². The molecule has 7 heteroatoms. The summed E-state index contributed by atoms with van der Waals surface area (Å²) >= 11 is 0. The van der Waals surface area contributed by atoms with Gasteiger partial charge in [0, 0.05) is 52.4 Å². The summed E-state index contributed by atoms with van der Waals surface area (Å²) in [4.78, 5) is 9.00. The molecular weight excluding hydrogens is 455 g/mol. The monoisotopic (exact) mass is 490 g/mol. The van der Waals surface area contributed by atoms with Crippen molar-refractivity contribution in [2.24, 2.45) is 10.9 Å². The predicted octanol–water partition coefficient (Wildman–Crippen LogP) is 2.68. The highest BCUT2D eigenvalue weighted by molar-refractivity contribution is 14.0. The van der Waals surface area contributed by atoms with E-state index in [-0.39, 0.29) is 30.1 Å². The van der Waals surface area contributed by atoms with E-state index in [1.165, 1.54) is 0 Å². The number of halogens is 1. The summed E-state index contributed by atoms with van der Waals surface area (Å²) < 4.78 is 11.4. The Hall–Kier alpha value is -1.06. The zero-order valence-corrected chi connectivity index (χ0v) is 19.6. The molecule has 1 fully saturated rings. The molecule has 2 rings (SSSR count). The van der Waals surface area contributed by atoms with E-state index in [0.29, 0.717) is 5.92 Å². The number of para-hydroxylation sites is 1. The van der Waals surface area contributed by atoms with Crippen LogP contribution in [0.15, 0.2) is 29.3 Å². The van der Waals surface area contributed by atoms with E-state index in [9.17, 15) is 0 Å². The third-order valence-corrected chi connectivity index (χ3v) is 4.51. The molecule has 0 bridgehead atoms. The predicted molar refractivity (Wildman–Crippen MR) is 122 cm³/mol. The lowest BCUT2D eigenvalue weighted by atomic mass is 10.2. The van der Waals surface area contributed by atoms with Crippen LogP contribution in [-0.4, -0.2) is 75.9 Å². The molecule has 0 amide bonds. The number of hydrogen-bond donors (Lipinski definition) is 1. The van der Waals surface area contributed by atoms with Crippen LogP contribution >= 0.6 is 24.0 Å². The van der Waals surface area contributed by atoms with Gasteiger partial charge in [0.25, 0.3) is 0 Å². The largest absolute Gasteiger partial charge is 0.496 e. The molecule has 154 valence electrons. The van der Waals surface area contributed by atoms with Crippen molar-refractivity contribution in [3.05, 3.63) is 29.8 Å². The third kappa shape index (κ3) is 7.83. The van der Waals surface area contributed by atoms with E-state index in [0.717, 1.165) is 56.6 Å². The summed E-state index contributed by atoms with van der Waals surface area (Å²) in [7, 11) is 5.55. The standard InChI is InChI=1S/C20H34N4O2.HI/c1-16(2)13-24-10-11-26-18(15-24)12-22-20(21-3)23(4)14-17-8-6-7-9-19(17)25-5;/h6-9,16,18H,10-15H2,1-5H3,(H,21,22);1H. The first-order valence-corrected chi connectivity index (χ1v) is 9.41. The molecule has 0 aliphatic carbocycles. The van der Waals surface area contributed by atoms with E-state index < -0.39 is 0 Å². The number of nitrogens with one attached hydrogen (secondary N) is 1. The molecule has 27 heavy (non-hydrogen) atoms. The van der Waals surface area contributed by atoms with Crippen LogP contribution in [-0.2, 0) is 11.3 Å². The topological polar surface area (TPSA) is 49.3 Å². The van der Waals surface area contributed by atoms with Crippen LogP contribution in [0, 0.1) is 5.92 Å². The van der Waals surface area contributed by atoms with Crippen molar-refractivity contribution >= 4 is 29.9 Å². The molecule has 1 atom stereocenters. The van der Waals surface area contributed by atoms with Crippen molar-refractivity contribution in [2.45, 2.75) is 26.5 Å². The van der Waals surface area contributed by atoms with Crippen molar-refractivity contribution in [3.63, 3.8) is 0 Å². The quantitative estimate of drug-likeness (QED) is 0.362. The zero-order valence-electron chi connectivity index (χ0n) is 17.3. The fourth-order valence-corrected chi connectivity index (χ4v) is 3.34. The number of rotatable bonds is 7. The molecule has 1 aliphatic rings. The van der Waals surface area contributed by atoms with Crippen LogP contribution in [0.25, 0.3) is 0 Å². The van der Waals surface area contributed by atoms with Gasteiger partial charge in [-0.05, 0) is 12.0 Å². The number of hydrogen-bond acceptors (Lipinski definition) is 4. The van der Waals surface area contributed by atoms with Crippen LogP contribution in [0.4, 0.5) is 0 Å². The second-order valence-electron chi connectivity index (χ2n) is 7.24. The Morgan fingerprint density at radius 3 is 2.81 bits per heavy atom. The molecule has 1 saturated heterocycles. The summed E-state index contributed by atoms with van der Waals surface area (Å²) in [6, 6.07) is 8.08. The highest BCUT2D eigenvalue weighted by Gasteiger charge is 2.21. The smallest absolute Gasteiger partial charge is 0.193 e. The summed E-state index contributed by atoms with van der Waals surface area (Å²) in [5, 5.41) is 3.45. The number of ether oxygens (including phenoxy) is 2. The minimum Gasteiger partial charge on any atom is -0.496 e. The summed E-state index contributed by atoms with van der Waals surface area (Å²) in [6.45, 7) is 9.94. The van der Waals surface area contributed by atoms with Gasteiger partial charge in [-0.2, -0.15) is 0 Å². The number of guanidine groups is 1. The molecule has 0 aromatic heterocycles. The van der Waals surface area contributed by atoms with Gasteiger partial charge in [-0.15, -0.1) is 24.0 Å². The second kappa shape index (κ2) is 12.4. The van der Waals surface area contributed by atoms with E-state index in [1.807, 2.05) is 32.3 Å². The van der Waals surface area contributed by atoms with E-state index in [1.54, 1.807) is 7.11 Å². The van der Waals surface area contributed by atoms with Crippen LogP contribution in [0.2, 0.25) is 0 Å². The maximum Gasteiger partial charge on any atom is 0.193 e. The first kappa shape index (κ1) is 24.0. The summed E-state index contributed by atoms with van der Waals surface area (Å²) in [5.41, 5.74) is 1.14. The molecule has 6 nitrogen and oxygen atoms in total. The normalized spacial score (nSPS) is 18.1. The molecule has 1 aromatic carbocycles. The Morgan fingerprint density at radius 2 is 2.15 bits per heavy atom. The molecule has 1 heterocycles. The Bertz CT molecular complexity index is 583. The van der Waals surface area contributed by atoms with E-state index in [4.69, 9.17) is 9.47 Å². The minimum atomic E-state index is 0. The lowest BCUT2D eigenvalue weighted by molar-refractivity contribution is -0.0286.